The number of carbonyl (C=O) groups is 1. The van der Waals surface area contributed by atoms with E-state index in [0.717, 1.165) is 39.0 Å². The first-order chi connectivity index (χ1) is 16.0. The lowest BCUT2D eigenvalue weighted by atomic mass is 9.99. The van der Waals surface area contributed by atoms with Gasteiger partial charge in [-0.05, 0) is 47.9 Å². The summed E-state index contributed by atoms with van der Waals surface area (Å²) in [6.45, 7) is 2.23. The van der Waals surface area contributed by atoms with Crippen LogP contribution in [-0.2, 0) is 11.3 Å². The first kappa shape index (κ1) is 22.5. The zero-order valence-corrected chi connectivity index (χ0v) is 19.4. The second-order valence-electron chi connectivity index (χ2n) is 7.57. The molecule has 1 heterocycles. The molecule has 0 unspecified atom stereocenters. The van der Waals surface area contributed by atoms with Gasteiger partial charge in [-0.2, -0.15) is 0 Å². The van der Waals surface area contributed by atoms with E-state index in [1.54, 1.807) is 32.6 Å². The Labute approximate surface area is 197 Å². The number of allylic oxidation sites excluding steroid dienone is 1. The summed E-state index contributed by atoms with van der Waals surface area (Å²) in [6.07, 6.45) is 3.28. The molecule has 4 aromatic rings. The van der Waals surface area contributed by atoms with Crippen LogP contribution in [0.25, 0.3) is 27.7 Å². The molecule has 168 valence electrons. The molecule has 3 aromatic carbocycles. The molecular formula is C27H24ClNO4. The van der Waals surface area contributed by atoms with Crippen LogP contribution in [0.15, 0.2) is 77.4 Å². The lowest BCUT2D eigenvalue weighted by Gasteiger charge is -2.11. The predicted octanol–water partition coefficient (Wildman–Crippen LogP) is 6.49. The van der Waals surface area contributed by atoms with Crippen molar-refractivity contribution in [2.75, 3.05) is 14.2 Å². The Morgan fingerprint density at radius 1 is 1.06 bits per heavy atom. The van der Waals surface area contributed by atoms with Crippen LogP contribution >= 0.6 is 11.6 Å². The summed E-state index contributed by atoms with van der Waals surface area (Å²) in [4.78, 5) is 12.6. The minimum absolute atomic E-state index is 0.213. The second-order valence-corrected chi connectivity index (χ2v) is 7.97. The molecule has 0 saturated heterocycles. The molecule has 0 aliphatic heterocycles. The van der Waals surface area contributed by atoms with Crippen molar-refractivity contribution in [3.8, 4) is 22.6 Å². The largest absolute Gasteiger partial charge is 0.497 e. The Hall–Kier alpha value is -3.70. The number of carbonyl (C=O) groups excluding carboxylic acids is 1. The average Bonchev–Trinajstić information content (AvgIpc) is 3.25. The Morgan fingerprint density at radius 2 is 1.88 bits per heavy atom. The number of nitrogens with one attached hydrogen (secondary N) is 1. The fraction of sp³-hybridized carbons (Fsp3) is 0.148. The van der Waals surface area contributed by atoms with Crippen molar-refractivity contribution in [3.05, 3.63) is 89.2 Å². The monoisotopic (exact) mass is 461 g/mol. The highest BCUT2D eigenvalue weighted by Crippen LogP contribution is 2.38. The third-order valence-electron chi connectivity index (χ3n) is 5.46. The van der Waals surface area contributed by atoms with Crippen molar-refractivity contribution < 1.29 is 18.7 Å². The number of ether oxygens (including phenoxy) is 2. The molecule has 0 radical (unpaired) electrons. The van der Waals surface area contributed by atoms with Gasteiger partial charge in [-0.1, -0.05) is 41.9 Å². The van der Waals surface area contributed by atoms with Crippen LogP contribution in [0.5, 0.6) is 11.5 Å². The first-order valence-corrected chi connectivity index (χ1v) is 10.8. The van der Waals surface area contributed by atoms with Crippen LogP contribution < -0.4 is 14.8 Å². The number of furan rings is 1. The quantitative estimate of drug-likeness (QED) is 0.319. The standard InChI is InChI=1S/C27H24ClNO4/c1-17(11-27(30)29-15-19-7-4-5-10-24(19)28)21-13-22-23(16-33-26(22)14-25(21)32-3)18-8-6-9-20(12-18)31-2/h4-14,16H,15H2,1-3H3,(H,29,30)/b17-11+. The molecular weight excluding hydrogens is 438 g/mol. The number of benzene rings is 3. The summed E-state index contributed by atoms with van der Waals surface area (Å²) in [5.41, 5.74) is 5.04. The maximum atomic E-state index is 12.6. The third kappa shape index (κ3) is 4.89. The Kier molecular flexibility index (Phi) is 6.71. The highest BCUT2D eigenvalue weighted by molar-refractivity contribution is 6.31. The zero-order valence-electron chi connectivity index (χ0n) is 18.6. The highest BCUT2D eigenvalue weighted by Gasteiger charge is 2.15. The van der Waals surface area contributed by atoms with Crippen LogP contribution in [0, 0.1) is 0 Å². The molecule has 1 amide bonds. The van der Waals surface area contributed by atoms with Crippen molar-refractivity contribution in [3.63, 3.8) is 0 Å². The first-order valence-electron chi connectivity index (χ1n) is 10.4. The van der Waals surface area contributed by atoms with Gasteiger partial charge in [0.05, 0.1) is 20.5 Å². The average molecular weight is 462 g/mol. The van der Waals surface area contributed by atoms with Gasteiger partial charge >= 0.3 is 0 Å². The van der Waals surface area contributed by atoms with E-state index in [-0.39, 0.29) is 5.91 Å². The van der Waals surface area contributed by atoms with Gasteiger partial charge in [-0.3, -0.25) is 4.79 Å². The van der Waals surface area contributed by atoms with Gasteiger partial charge < -0.3 is 19.2 Å². The molecule has 4 rings (SSSR count). The number of rotatable bonds is 7. The summed E-state index contributed by atoms with van der Waals surface area (Å²) in [5.74, 6) is 1.18. The normalized spacial score (nSPS) is 11.5. The SMILES string of the molecule is COc1cccc(-c2coc3cc(OC)c(/C(C)=C/C(=O)NCc4ccccc4Cl)cc23)c1. The van der Waals surface area contributed by atoms with Crippen LogP contribution in [0.2, 0.25) is 5.02 Å². The van der Waals surface area contributed by atoms with Crippen LogP contribution in [0.1, 0.15) is 18.1 Å². The van der Waals surface area contributed by atoms with Crippen LogP contribution in [-0.4, -0.2) is 20.1 Å². The summed E-state index contributed by atoms with van der Waals surface area (Å²) in [7, 11) is 3.24. The lowest BCUT2D eigenvalue weighted by Crippen LogP contribution is -2.20. The molecule has 33 heavy (non-hydrogen) atoms. The molecule has 0 fully saturated rings. The molecule has 0 spiro atoms. The lowest BCUT2D eigenvalue weighted by molar-refractivity contribution is -0.116. The van der Waals surface area contributed by atoms with Crippen molar-refractivity contribution in [1.29, 1.82) is 0 Å². The maximum Gasteiger partial charge on any atom is 0.244 e. The number of halogens is 1. The van der Waals surface area contributed by atoms with Crippen molar-refractivity contribution in [2.24, 2.45) is 0 Å². The topological polar surface area (TPSA) is 60.7 Å². The van der Waals surface area contributed by atoms with Crippen molar-refractivity contribution >= 4 is 34.1 Å². The fourth-order valence-electron chi connectivity index (χ4n) is 3.70. The van der Waals surface area contributed by atoms with Gasteiger partial charge in [0.2, 0.25) is 5.91 Å². The number of hydrogen-bond acceptors (Lipinski definition) is 4. The zero-order chi connectivity index (χ0) is 23.4. The molecule has 6 heteroatoms. The smallest absolute Gasteiger partial charge is 0.244 e. The molecule has 5 nitrogen and oxygen atoms in total. The van der Waals surface area contributed by atoms with E-state index in [2.05, 4.69) is 5.32 Å². The maximum absolute atomic E-state index is 12.6. The van der Waals surface area contributed by atoms with Crippen molar-refractivity contribution in [2.45, 2.75) is 13.5 Å². The number of methoxy groups -OCH3 is 2. The van der Waals surface area contributed by atoms with Gasteiger partial charge in [0.1, 0.15) is 17.1 Å². The van der Waals surface area contributed by atoms with E-state index in [4.69, 9.17) is 25.5 Å². The van der Waals surface area contributed by atoms with Gasteiger partial charge in [0, 0.05) is 40.2 Å². The van der Waals surface area contributed by atoms with E-state index in [9.17, 15) is 4.79 Å². The van der Waals surface area contributed by atoms with Crippen molar-refractivity contribution in [1.82, 2.24) is 5.32 Å². The van der Waals surface area contributed by atoms with Gasteiger partial charge in [-0.25, -0.2) is 0 Å². The number of amides is 1. The van der Waals surface area contributed by atoms with Crippen LogP contribution in [0.4, 0.5) is 0 Å². The van der Waals surface area contributed by atoms with Gasteiger partial charge in [0.15, 0.2) is 0 Å². The molecule has 0 bridgehead atoms. The highest BCUT2D eigenvalue weighted by atomic mass is 35.5. The van der Waals surface area contributed by atoms with E-state index in [1.165, 1.54) is 0 Å². The minimum atomic E-state index is -0.213. The molecule has 0 saturated carbocycles. The Balaban J connectivity index is 1.65. The van der Waals surface area contributed by atoms with E-state index in [1.807, 2.05) is 61.5 Å². The third-order valence-corrected chi connectivity index (χ3v) is 5.83. The fourth-order valence-corrected chi connectivity index (χ4v) is 3.90. The summed E-state index contributed by atoms with van der Waals surface area (Å²) in [6, 6.07) is 19.0. The van der Waals surface area contributed by atoms with E-state index >= 15 is 0 Å². The Bertz CT molecular complexity index is 1340. The summed E-state index contributed by atoms with van der Waals surface area (Å²) < 4.78 is 16.7. The predicted molar refractivity (Wildman–Crippen MR) is 132 cm³/mol. The molecule has 1 aromatic heterocycles. The van der Waals surface area contributed by atoms with Crippen LogP contribution in [0.3, 0.4) is 0 Å². The molecule has 0 aliphatic carbocycles. The summed E-state index contributed by atoms with van der Waals surface area (Å²) >= 11 is 6.18. The Morgan fingerprint density at radius 3 is 2.64 bits per heavy atom. The summed E-state index contributed by atoms with van der Waals surface area (Å²) in [5, 5.41) is 4.43. The minimum Gasteiger partial charge on any atom is -0.497 e. The molecule has 0 atom stereocenters. The molecule has 0 aliphatic rings. The van der Waals surface area contributed by atoms with E-state index in [0.29, 0.717) is 22.9 Å². The number of fused-ring (bicyclic) bond motifs is 1. The van der Waals surface area contributed by atoms with Gasteiger partial charge in [-0.15, -0.1) is 0 Å². The number of hydrogen-bond donors (Lipinski definition) is 1. The molecule has 1 N–H and O–H groups in total. The second kappa shape index (κ2) is 9.84. The van der Waals surface area contributed by atoms with E-state index < -0.39 is 0 Å². The van der Waals surface area contributed by atoms with Gasteiger partial charge in [0.25, 0.3) is 0 Å².